The van der Waals surface area contributed by atoms with E-state index in [0.717, 1.165) is 5.76 Å². The number of hydrogen-bond acceptors (Lipinski definition) is 5. The molecule has 0 spiro atoms. The Kier molecular flexibility index (Phi) is 5.26. The van der Waals surface area contributed by atoms with Crippen LogP contribution in [0.2, 0.25) is 0 Å². The number of sulfone groups is 1. The van der Waals surface area contributed by atoms with Crippen LogP contribution in [0.5, 0.6) is 5.75 Å². The Morgan fingerprint density at radius 3 is 2.68 bits per heavy atom. The van der Waals surface area contributed by atoms with Crippen LogP contribution in [0.3, 0.4) is 0 Å². The fourth-order valence-electron chi connectivity index (χ4n) is 2.04. The summed E-state index contributed by atoms with van der Waals surface area (Å²) in [4.78, 5) is 2.38. The van der Waals surface area contributed by atoms with Gasteiger partial charge in [-0.25, -0.2) is 8.42 Å². The maximum atomic E-state index is 11.5. The smallest absolute Gasteiger partial charge is 0.175 e. The molecular weight excluding hydrogens is 302 g/mol. The topological polar surface area (TPSA) is 59.8 Å². The molecule has 0 N–H and O–H groups in total. The van der Waals surface area contributed by atoms with Gasteiger partial charge in [-0.15, -0.1) is 0 Å². The van der Waals surface area contributed by atoms with Crippen molar-refractivity contribution in [1.29, 1.82) is 0 Å². The number of furan rings is 1. The van der Waals surface area contributed by atoms with Gasteiger partial charge in [0, 0.05) is 12.8 Å². The first-order valence-corrected chi connectivity index (χ1v) is 8.93. The van der Waals surface area contributed by atoms with Crippen LogP contribution in [0.1, 0.15) is 18.7 Å². The van der Waals surface area contributed by atoms with Gasteiger partial charge in [-0.3, -0.25) is 4.90 Å². The van der Waals surface area contributed by atoms with E-state index in [2.05, 4.69) is 11.8 Å². The summed E-state index contributed by atoms with van der Waals surface area (Å²) >= 11 is 0. The molecule has 1 aromatic carbocycles. The van der Waals surface area contributed by atoms with E-state index in [1.165, 1.54) is 6.26 Å². The van der Waals surface area contributed by atoms with E-state index >= 15 is 0 Å². The number of hydrogen-bond donors (Lipinski definition) is 0. The molecule has 0 saturated heterocycles. The minimum atomic E-state index is -3.21. The molecule has 0 aliphatic carbocycles. The fraction of sp³-hybridized carbons (Fsp3) is 0.375. The molecule has 120 valence electrons. The van der Waals surface area contributed by atoms with E-state index in [1.54, 1.807) is 30.5 Å². The third-order valence-electron chi connectivity index (χ3n) is 3.56. The fourth-order valence-corrected chi connectivity index (χ4v) is 2.70. The van der Waals surface area contributed by atoms with Crippen molar-refractivity contribution in [3.63, 3.8) is 0 Å². The van der Waals surface area contributed by atoms with E-state index in [-0.39, 0.29) is 10.9 Å². The molecule has 0 fully saturated rings. The van der Waals surface area contributed by atoms with Crippen LogP contribution < -0.4 is 4.74 Å². The molecule has 0 saturated carbocycles. The molecule has 22 heavy (non-hydrogen) atoms. The van der Waals surface area contributed by atoms with E-state index < -0.39 is 9.84 Å². The van der Waals surface area contributed by atoms with Crippen LogP contribution in [0.4, 0.5) is 0 Å². The Morgan fingerprint density at radius 2 is 2.05 bits per heavy atom. The van der Waals surface area contributed by atoms with Gasteiger partial charge in [0.1, 0.15) is 18.1 Å². The van der Waals surface area contributed by atoms with Gasteiger partial charge in [0.25, 0.3) is 0 Å². The molecule has 1 heterocycles. The van der Waals surface area contributed by atoms with Crippen LogP contribution >= 0.6 is 0 Å². The summed E-state index contributed by atoms with van der Waals surface area (Å²) in [5, 5.41) is 0. The highest BCUT2D eigenvalue weighted by Gasteiger charge is 2.14. The van der Waals surface area contributed by atoms with Crippen molar-refractivity contribution in [2.75, 3.05) is 26.5 Å². The highest BCUT2D eigenvalue weighted by molar-refractivity contribution is 7.90. The van der Waals surface area contributed by atoms with Crippen LogP contribution in [0.15, 0.2) is 52.0 Å². The molecule has 5 nitrogen and oxygen atoms in total. The van der Waals surface area contributed by atoms with Crippen LogP contribution in [-0.4, -0.2) is 39.8 Å². The highest BCUT2D eigenvalue weighted by Crippen LogP contribution is 2.20. The third kappa shape index (κ3) is 4.35. The standard InChI is InChI=1S/C16H21NO4S/c1-13(16-8-5-10-21-16)17(2)9-11-20-14-6-4-7-15(12-14)22(3,18)19/h4-8,10,12-13H,9,11H2,1-3H3/t13-/m0/s1. The molecule has 6 heteroatoms. The Morgan fingerprint density at radius 1 is 1.27 bits per heavy atom. The minimum absolute atomic E-state index is 0.154. The average Bonchev–Trinajstić information content (AvgIpc) is 3.00. The molecule has 0 radical (unpaired) electrons. The van der Waals surface area contributed by atoms with E-state index in [0.29, 0.717) is 18.9 Å². The largest absolute Gasteiger partial charge is 0.492 e. The van der Waals surface area contributed by atoms with Crippen molar-refractivity contribution in [3.05, 3.63) is 48.4 Å². The summed E-state index contributed by atoms with van der Waals surface area (Å²) in [6, 6.07) is 10.5. The zero-order chi connectivity index (χ0) is 16.2. The monoisotopic (exact) mass is 323 g/mol. The molecule has 2 aromatic rings. The maximum absolute atomic E-state index is 11.5. The normalized spacial score (nSPS) is 13.3. The van der Waals surface area contributed by atoms with E-state index in [9.17, 15) is 8.42 Å². The van der Waals surface area contributed by atoms with Crippen LogP contribution in [0.25, 0.3) is 0 Å². The molecule has 0 unspecified atom stereocenters. The van der Waals surface area contributed by atoms with Crippen LogP contribution in [-0.2, 0) is 9.84 Å². The molecule has 1 aromatic heterocycles. The predicted octanol–water partition coefficient (Wildman–Crippen LogP) is 2.75. The molecule has 0 aliphatic heterocycles. The van der Waals surface area contributed by atoms with Gasteiger partial charge in [-0.2, -0.15) is 0 Å². The van der Waals surface area contributed by atoms with Crippen molar-refractivity contribution in [2.45, 2.75) is 17.9 Å². The van der Waals surface area contributed by atoms with Crippen molar-refractivity contribution in [3.8, 4) is 5.75 Å². The predicted molar refractivity (Wildman–Crippen MR) is 84.8 cm³/mol. The summed E-state index contributed by atoms with van der Waals surface area (Å²) in [6.45, 7) is 3.23. The van der Waals surface area contributed by atoms with Gasteiger partial charge < -0.3 is 9.15 Å². The van der Waals surface area contributed by atoms with Crippen molar-refractivity contribution >= 4 is 9.84 Å². The first-order valence-electron chi connectivity index (χ1n) is 7.04. The number of nitrogens with zero attached hydrogens (tertiary/aromatic N) is 1. The Balaban J connectivity index is 1.89. The lowest BCUT2D eigenvalue weighted by molar-refractivity contribution is 0.185. The molecule has 2 rings (SSSR count). The van der Waals surface area contributed by atoms with Gasteiger partial charge in [-0.1, -0.05) is 6.07 Å². The molecule has 0 bridgehead atoms. The lowest BCUT2D eigenvalue weighted by Gasteiger charge is -2.22. The Hall–Kier alpha value is -1.79. The van der Waals surface area contributed by atoms with Crippen molar-refractivity contribution in [2.24, 2.45) is 0 Å². The van der Waals surface area contributed by atoms with Crippen molar-refractivity contribution < 1.29 is 17.6 Å². The molecule has 1 atom stereocenters. The zero-order valence-corrected chi connectivity index (χ0v) is 13.8. The SMILES string of the molecule is C[C@@H](c1ccco1)N(C)CCOc1cccc(S(C)(=O)=O)c1. The average molecular weight is 323 g/mol. The Labute approximate surface area is 131 Å². The van der Waals surface area contributed by atoms with E-state index in [4.69, 9.17) is 9.15 Å². The van der Waals surface area contributed by atoms with Gasteiger partial charge in [-0.05, 0) is 44.3 Å². The summed E-state index contributed by atoms with van der Waals surface area (Å²) in [6.07, 6.45) is 2.85. The van der Waals surface area contributed by atoms with Gasteiger partial charge >= 0.3 is 0 Å². The first kappa shape index (κ1) is 16.6. The van der Waals surface area contributed by atoms with E-state index in [1.807, 2.05) is 19.2 Å². The van der Waals surface area contributed by atoms with Gasteiger partial charge in [0.05, 0.1) is 17.2 Å². The highest BCUT2D eigenvalue weighted by atomic mass is 32.2. The lowest BCUT2D eigenvalue weighted by atomic mass is 10.2. The lowest BCUT2D eigenvalue weighted by Crippen LogP contribution is -2.27. The minimum Gasteiger partial charge on any atom is -0.492 e. The van der Waals surface area contributed by atoms with Crippen LogP contribution in [0, 0.1) is 0 Å². The second-order valence-corrected chi connectivity index (χ2v) is 7.28. The van der Waals surface area contributed by atoms with Gasteiger partial charge in [0.2, 0.25) is 0 Å². The zero-order valence-electron chi connectivity index (χ0n) is 13.0. The Bertz CT molecular complexity index is 695. The van der Waals surface area contributed by atoms with Crippen molar-refractivity contribution in [1.82, 2.24) is 4.90 Å². The molecule has 0 aliphatic rings. The number of ether oxygens (including phenoxy) is 1. The van der Waals surface area contributed by atoms with Gasteiger partial charge in [0.15, 0.2) is 9.84 Å². The third-order valence-corrected chi connectivity index (χ3v) is 4.67. The summed E-state index contributed by atoms with van der Waals surface area (Å²) in [7, 11) is -1.22. The second kappa shape index (κ2) is 6.98. The number of rotatable bonds is 7. The number of likely N-dealkylation sites (N-methyl/N-ethyl adjacent to an activating group) is 1. The first-order chi connectivity index (χ1) is 10.4. The maximum Gasteiger partial charge on any atom is 0.175 e. The summed E-state index contributed by atoms with van der Waals surface area (Å²) in [5.41, 5.74) is 0. The summed E-state index contributed by atoms with van der Waals surface area (Å²) < 4.78 is 34.1. The molecule has 0 amide bonds. The number of benzene rings is 1. The quantitative estimate of drug-likeness (QED) is 0.784. The molecular formula is C16H21NO4S. The summed E-state index contributed by atoms with van der Waals surface area (Å²) in [5.74, 6) is 1.46. The second-order valence-electron chi connectivity index (χ2n) is 5.27.